The molecule has 1 atom stereocenters. The van der Waals surface area contributed by atoms with Gasteiger partial charge in [-0.2, -0.15) is 0 Å². The van der Waals surface area contributed by atoms with E-state index in [0.717, 1.165) is 5.92 Å². The molecule has 0 heteroatoms. The summed E-state index contributed by atoms with van der Waals surface area (Å²) in [7, 11) is 0. The Labute approximate surface area is 139 Å². The van der Waals surface area contributed by atoms with Gasteiger partial charge < -0.3 is 0 Å². The molecule has 0 aliphatic rings. The second kappa shape index (κ2) is 8.18. The third-order valence-electron chi connectivity index (χ3n) is 6.06. The molecule has 1 aromatic carbocycles. The zero-order chi connectivity index (χ0) is 16.8. The van der Waals surface area contributed by atoms with Crippen molar-refractivity contribution in [3.05, 3.63) is 35.9 Å². The number of hydrogen-bond donors (Lipinski definition) is 0. The number of hydrogen-bond acceptors (Lipinski definition) is 0. The minimum absolute atomic E-state index is 0.306. The van der Waals surface area contributed by atoms with E-state index < -0.39 is 0 Å². The van der Waals surface area contributed by atoms with Gasteiger partial charge in [-0.3, -0.25) is 0 Å². The minimum atomic E-state index is 0.306. The Morgan fingerprint density at radius 2 is 1.50 bits per heavy atom. The van der Waals surface area contributed by atoms with Crippen molar-refractivity contribution in [1.29, 1.82) is 0 Å². The predicted molar refractivity (Wildman–Crippen MR) is 100 cm³/mol. The lowest BCUT2D eigenvalue weighted by atomic mass is 9.57. The van der Waals surface area contributed by atoms with E-state index in [9.17, 15) is 0 Å². The molecule has 22 heavy (non-hydrogen) atoms. The zero-order valence-electron chi connectivity index (χ0n) is 16.1. The maximum Gasteiger partial charge on any atom is -0.0108 e. The molecule has 0 aliphatic heterocycles. The molecule has 0 saturated heterocycles. The van der Waals surface area contributed by atoms with E-state index in [2.05, 4.69) is 78.8 Å². The molecule has 0 heterocycles. The summed E-state index contributed by atoms with van der Waals surface area (Å²) in [6.45, 7) is 16.9. The molecule has 0 bridgehead atoms. The summed E-state index contributed by atoms with van der Waals surface area (Å²) in [6, 6.07) is 11.1. The van der Waals surface area contributed by atoms with Gasteiger partial charge in [-0.15, -0.1) is 0 Å². The third kappa shape index (κ3) is 4.86. The molecular weight excluding hydrogens is 264 g/mol. The Hall–Kier alpha value is -0.780. The van der Waals surface area contributed by atoms with Crippen molar-refractivity contribution in [3.8, 4) is 0 Å². The first kappa shape index (κ1) is 19.3. The lowest BCUT2D eigenvalue weighted by Gasteiger charge is -2.47. The molecular formula is C22H38. The zero-order valence-corrected chi connectivity index (χ0v) is 16.1. The summed E-state index contributed by atoms with van der Waals surface area (Å²) in [4.78, 5) is 0. The lowest BCUT2D eigenvalue weighted by Crippen LogP contribution is -2.38. The fraction of sp³-hybridized carbons (Fsp3) is 0.727. The van der Waals surface area contributed by atoms with Crippen molar-refractivity contribution in [3.63, 3.8) is 0 Å². The molecule has 0 aliphatic carbocycles. The van der Waals surface area contributed by atoms with Crippen LogP contribution in [0.15, 0.2) is 30.3 Å². The van der Waals surface area contributed by atoms with Crippen molar-refractivity contribution in [1.82, 2.24) is 0 Å². The van der Waals surface area contributed by atoms with Gasteiger partial charge in [-0.25, -0.2) is 0 Å². The third-order valence-corrected chi connectivity index (χ3v) is 6.06. The topological polar surface area (TPSA) is 0 Å². The van der Waals surface area contributed by atoms with Crippen LogP contribution in [-0.4, -0.2) is 0 Å². The number of rotatable bonds is 9. The highest BCUT2D eigenvalue weighted by Gasteiger charge is 2.42. The first-order chi connectivity index (χ1) is 10.2. The fourth-order valence-electron chi connectivity index (χ4n) is 3.76. The van der Waals surface area contributed by atoms with Crippen molar-refractivity contribution < 1.29 is 0 Å². The highest BCUT2D eigenvalue weighted by Crippen LogP contribution is 2.52. The maximum absolute atomic E-state index is 2.48. The van der Waals surface area contributed by atoms with Crippen LogP contribution in [0.4, 0.5) is 0 Å². The number of unbranched alkanes of at least 4 members (excludes halogenated alkanes) is 1. The Morgan fingerprint density at radius 3 is 2.00 bits per heavy atom. The fourth-order valence-corrected chi connectivity index (χ4v) is 3.76. The average Bonchev–Trinajstić information content (AvgIpc) is 2.45. The highest BCUT2D eigenvalue weighted by atomic mass is 14.5. The Balaban J connectivity index is 2.80. The van der Waals surface area contributed by atoms with E-state index in [-0.39, 0.29) is 0 Å². The summed E-state index contributed by atoms with van der Waals surface area (Å²) in [6.07, 6.45) is 6.65. The normalized spacial score (nSPS) is 14.4. The molecule has 0 aromatic heterocycles. The Kier molecular flexibility index (Phi) is 7.16. The monoisotopic (exact) mass is 302 g/mol. The minimum Gasteiger partial charge on any atom is -0.0648 e. The van der Waals surface area contributed by atoms with E-state index in [1.54, 1.807) is 0 Å². The second-order valence-electron chi connectivity index (χ2n) is 8.62. The van der Waals surface area contributed by atoms with Gasteiger partial charge in [0.2, 0.25) is 0 Å². The molecule has 126 valence electrons. The molecule has 0 radical (unpaired) electrons. The van der Waals surface area contributed by atoms with Gasteiger partial charge in [0.05, 0.1) is 0 Å². The average molecular weight is 303 g/mol. The van der Waals surface area contributed by atoms with Crippen LogP contribution in [0.2, 0.25) is 0 Å². The largest absolute Gasteiger partial charge is 0.0648 e. The van der Waals surface area contributed by atoms with Crippen LogP contribution in [0.5, 0.6) is 0 Å². The van der Waals surface area contributed by atoms with Crippen molar-refractivity contribution in [2.24, 2.45) is 16.7 Å². The standard InChI is InChI=1S/C22H38/c1-8-20(19-15-10-9-11-16-19)22(6,7)21(4,5)17-13-12-14-18(2)3/h9-11,15-16,18,20H,8,12-14,17H2,1-7H3. The molecule has 0 fully saturated rings. The van der Waals surface area contributed by atoms with Gasteiger partial charge >= 0.3 is 0 Å². The first-order valence-corrected chi connectivity index (χ1v) is 9.27. The van der Waals surface area contributed by atoms with Crippen LogP contribution in [-0.2, 0) is 0 Å². The van der Waals surface area contributed by atoms with E-state index in [0.29, 0.717) is 16.7 Å². The van der Waals surface area contributed by atoms with Crippen LogP contribution in [0.25, 0.3) is 0 Å². The van der Waals surface area contributed by atoms with Gasteiger partial charge in [0.25, 0.3) is 0 Å². The maximum atomic E-state index is 2.48. The van der Waals surface area contributed by atoms with Gasteiger partial charge in [0, 0.05) is 0 Å². The van der Waals surface area contributed by atoms with Gasteiger partial charge in [0.1, 0.15) is 0 Å². The first-order valence-electron chi connectivity index (χ1n) is 9.27. The van der Waals surface area contributed by atoms with Crippen molar-refractivity contribution in [2.45, 2.75) is 86.5 Å². The smallest absolute Gasteiger partial charge is 0.0108 e. The van der Waals surface area contributed by atoms with Crippen LogP contribution < -0.4 is 0 Å². The van der Waals surface area contributed by atoms with Crippen LogP contribution >= 0.6 is 0 Å². The summed E-state index contributed by atoms with van der Waals surface area (Å²) in [5, 5.41) is 0. The van der Waals surface area contributed by atoms with E-state index in [1.807, 2.05) is 0 Å². The van der Waals surface area contributed by atoms with Crippen molar-refractivity contribution in [2.75, 3.05) is 0 Å². The summed E-state index contributed by atoms with van der Waals surface area (Å²) in [5.74, 6) is 1.47. The Morgan fingerprint density at radius 1 is 0.909 bits per heavy atom. The summed E-state index contributed by atoms with van der Waals surface area (Å²) < 4.78 is 0. The molecule has 1 rings (SSSR count). The molecule has 0 amide bonds. The van der Waals surface area contributed by atoms with Crippen molar-refractivity contribution >= 4 is 0 Å². The second-order valence-corrected chi connectivity index (χ2v) is 8.62. The molecule has 0 spiro atoms. The van der Waals surface area contributed by atoms with Crippen LogP contribution in [0.3, 0.4) is 0 Å². The lowest BCUT2D eigenvalue weighted by molar-refractivity contribution is 0.0609. The van der Waals surface area contributed by atoms with E-state index >= 15 is 0 Å². The Bertz CT molecular complexity index is 411. The van der Waals surface area contributed by atoms with Gasteiger partial charge in [-0.05, 0) is 41.1 Å². The summed E-state index contributed by atoms with van der Waals surface area (Å²) >= 11 is 0. The highest BCUT2D eigenvalue weighted by molar-refractivity contribution is 5.22. The van der Waals surface area contributed by atoms with Crippen LogP contribution in [0, 0.1) is 16.7 Å². The molecule has 0 nitrogen and oxygen atoms in total. The van der Waals surface area contributed by atoms with Gasteiger partial charge in [0.15, 0.2) is 0 Å². The molecule has 0 N–H and O–H groups in total. The number of benzene rings is 1. The summed E-state index contributed by atoms with van der Waals surface area (Å²) in [5.41, 5.74) is 2.17. The SMILES string of the molecule is CCC(c1ccccc1)C(C)(C)C(C)(C)CCCCC(C)C. The quantitative estimate of drug-likeness (QED) is 0.415. The van der Waals surface area contributed by atoms with E-state index in [4.69, 9.17) is 0 Å². The van der Waals surface area contributed by atoms with E-state index in [1.165, 1.54) is 37.7 Å². The molecule has 1 aromatic rings. The predicted octanol–water partition coefficient (Wildman–Crippen LogP) is 7.45. The van der Waals surface area contributed by atoms with Crippen LogP contribution in [0.1, 0.15) is 92.1 Å². The molecule has 0 saturated carbocycles. The van der Waals surface area contributed by atoms with Gasteiger partial charge in [-0.1, -0.05) is 98.1 Å². The molecule has 1 unspecified atom stereocenters.